The van der Waals surface area contributed by atoms with Crippen LogP contribution in [0.2, 0.25) is 0 Å². The first-order chi connectivity index (χ1) is 10.8. The Balaban J connectivity index is 0.000000561. The maximum atomic E-state index is 5.65. The summed E-state index contributed by atoms with van der Waals surface area (Å²) >= 11 is 5.65. The van der Waals surface area contributed by atoms with Gasteiger partial charge in [-0.2, -0.15) is 4.98 Å². The van der Waals surface area contributed by atoms with Gasteiger partial charge in [-0.25, -0.2) is 0 Å². The first kappa shape index (κ1) is 18.7. The lowest BCUT2D eigenvalue weighted by Gasteiger charge is -2.33. The predicted octanol–water partition coefficient (Wildman–Crippen LogP) is 5.83. The second-order valence-corrected chi connectivity index (χ2v) is 5.22. The van der Waals surface area contributed by atoms with Crippen molar-refractivity contribution in [3.8, 4) is 0 Å². The van der Waals surface area contributed by atoms with E-state index in [2.05, 4.69) is 41.3 Å². The number of aromatic nitrogens is 2. The van der Waals surface area contributed by atoms with Crippen LogP contribution in [0.25, 0.3) is 0 Å². The molecule has 0 atom stereocenters. The van der Waals surface area contributed by atoms with Crippen molar-refractivity contribution in [1.82, 2.24) is 10.1 Å². The van der Waals surface area contributed by atoms with E-state index in [0.29, 0.717) is 23.6 Å². The minimum Gasteiger partial charge on any atom is -0.338 e. The molecule has 1 aromatic carbocycles. The van der Waals surface area contributed by atoms with Gasteiger partial charge >= 0.3 is 0 Å². The van der Waals surface area contributed by atoms with Crippen LogP contribution in [0.15, 0.2) is 28.8 Å². The van der Waals surface area contributed by atoms with Crippen LogP contribution in [0.3, 0.4) is 0 Å². The third kappa shape index (κ3) is 4.57. The van der Waals surface area contributed by atoms with Crippen molar-refractivity contribution in [2.75, 3.05) is 0 Å². The quantitative estimate of drug-likeness (QED) is 0.667. The highest BCUT2D eigenvalue weighted by molar-refractivity contribution is 6.16. The summed E-state index contributed by atoms with van der Waals surface area (Å²) in [5, 5.41) is 3.98. The number of benzene rings is 1. The fraction of sp³-hybridized carbons (Fsp3) is 0.556. The molecule has 0 saturated heterocycles. The molecule has 0 N–H and O–H groups in total. The molecule has 1 heterocycles. The molecule has 22 heavy (non-hydrogen) atoms. The first-order valence-corrected chi connectivity index (χ1v) is 8.74. The molecule has 2 aromatic rings. The summed E-state index contributed by atoms with van der Waals surface area (Å²) in [6.45, 7) is 10.1. The van der Waals surface area contributed by atoms with Crippen LogP contribution in [0, 0.1) is 6.92 Å². The molecule has 1 fully saturated rings. The number of halogens is 1. The molecule has 0 radical (unpaired) electrons. The van der Waals surface area contributed by atoms with Crippen LogP contribution in [-0.2, 0) is 5.88 Å². The monoisotopic (exact) mass is 322 g/mol. The van der Waals surface area contributed by atoms with Gasteiger partial charge in [0.1, 0.15) is 5.88 Å². The Morgan fingerprint density at radius 1 is 1.05 bits per heavy atom. The van der Waals surface area contributed by atoms with E-state index in [1.54, 1.807) is 0 Å². The van der Waals surface area contributed by atoms with Gasteiger partial charge in [-0.1, -0.05) is 62.7 Å². The maximum Gasteiger partial charge on any atom is 0.241 e. The van der Waals surface area contributed by atoms with Crippen LogP contribution in [-0.4, -0.2) is 10.1 Å². The highest BCUT2D eigenvalue weighted by Crippen LogP contribution is 2.46. The van der Waals surface area contributed by atoms with Gasteiger partial charge in [-0.05, 0) is 31.2 Å². The second-order valence-electron chi connectivity index (χ2n) is 4.96. The van der Waals surface area contributed by atoms with Crippen molar-refractivity contribution in [2.45, 2.75) is 65.2 Å². The van der Waals surface area contributed by atoms with Crippen molar-refractivity contribution in [3.63, 3.8) is 0 Å². The highest BCUT2D eigenvalue weighted by atomic mass is 35.5. The fourth-order valence-electron chi connectivity index (χ4n) is 2.43. The van der Waals surface area contributed by atoms with Gasteiger partial charge in [0, 0.05) is 5.92 Å². The normalized spacial score (nSPS) is 19.2. The number of hydrogen-bond acceptors (Lipinski definition) is 3. The van der Waals surface area contributed by atoms with Gasteiger partial charge in [0.25, 0.3) is 0 Å². The summed E-state index contributed by atoms with van der Waals surface area (Å²) in [6.07, 6.45) is 2.20. The molecule has 1 aliphatic carbocycles. The molecule has 0 spiro atoms. The number of hydrogen-bond donors (Lipinski definition) is 0. The van der Waals surface area contributed by atoms with E-state index in [1.165, 1.54) is 11.1 Å². The minimum atomic E-state index is 0.293. The van der Waals surface area contributed by atoms with Crippen LogP contribution >= 0.6 is 11.6 Å². The Morgan fingerprint density at radius 2 is 1.64 bits per heavy atom. The molecular formula is C18H27ClN2O. The fourth-order valence-corrected chi connectivity index (χ4v) is 2.54. The Kier molecular flexibility index (Phi) is 8.18. The van der Waals surface area contributed by atoms with Gasteiger partial charge in [0.15, 0.2) is 5.82 Å². The molecule has 122 valence electrons. The maximum absolute atomic E-state index is 5.65. The van der Waals surface area contributed by atoms with E-state index in [4.69, 9.17) is 16.1 Å². The van der Waals surface area contributed by atoms with Gasteiger partial charge in [0.05, 0.1) is 0 Å². The van der Waals surface area contributed by atoms with E-state index >= 15 is 0 Å². The Labute approximate surface area is 139 Å². The largest absolute Gasteiger partial charge is 0.338 e. The van der Waals surface area contributed by atoms with E-state index in [9.17, 15) is 0 Å². The molecule has 0 unspecified atom stereocenters. The Bertz CT molecular complexity index is 530. The first-order valence-electron chi connectivity index (χ1n) is 8.21. The van der Waals surface area contributed by atoms with Crippen molar-refractivity contribution in [2.24, 2.45) is 0 Å². The van der Waals surface area contributed by atoms with Crippen molar-refractivity contribution >= 4 is 11.6 Å². The average Bonchev–Trinajstić information content (AvgIpc) is 3.00. The SMILES string of the molecule is CC.CC.Cc1ccc(C2CC(c3noc(CCl)n3)C2)cc1. The van der Waals surface area contributed by atoms with Crippen LogP contribution < -0.4 is 0 Å². The van der Waals surface area contributed by atoms with E-state index < -0.39 is 0 Å². The van der Waals surface area contributed by atoms with E-state index in [-0.39, 0.29) is 0 Å². The summed E-state index contributed by atoms with van der Waals surface area (Å²) in [5.41, 5.74) is 2.72. The highest BCUT2D eigenvalue weighted by Gasteiger charge is 2.34. The second kappa shape index (κ2) is 9.62. The smallest absolute Gasteiger partial charge is 0.241 e. The van der Waals surface area contributed by atoms with Crippen LogP contribution in [0.1, 0.15) is 75.2 Å². The van der Waals surface area contributed by atoms with Gasteiger partial charge in [-0.15, -0.1) is 11.6 Å². The molecule has 4 heteroatoms. The minimum absolute atomic E-state index is 0.293. The molecule has 1 aromatic heterocycles. The summed E-state index contributed by atoms with van der Waals surface area (Å²) in [7, 11) is 0. The average molecular weight is 323 g/mol. The van der Waals surface area contributed by atoms with Crippen molar-refractivity contribution in [1.29, 1.82) is 0 Å². The third-order valence-corrected chi connectivity index (χ3v) is 3.88. The van der Waals surface area contributed by atoms with Gasteiger partial charge < -0.3 is 4.52 Å². The molecule has 1 saturated carbocycles. The lowest BCUT2D eigenvalue weighted by atomic mass is 9.71. The third-order valence-electron chi connectivity index (χ3n) is 3.65. The Hall–Kier alpha value is -1.35. The summed E-state index contributed by atoms with van der Waals surface area (Å²) in [4.78, 5) is 4.28. The van der Waals surface area contributed by atoms with Gasteiger partial charge in [0.2, 0.25) is 5.89 Å². The number of alkyl halides is 1. The zero-order valence-electron chi connectivity index (χ0n) is 14.3. The standard InChI is InChI=1S/C14H15ClN2O.2C2H6/c1-9-2-4-10(5-3-9)11-6-12(7-11)14-16-13(8-15)18-17-14;2*1-2/h2-5,11-12H,6-8H2,1H3;2*1-2H3. The van der Waals surface area contributed by atoms with Crippen molar-refractivity contribution < 1.29 is 4.52 Å². The number of aryl methyl sites for hydroxylation is 1. The summed E-state index contributed by atoms with van der Waals surface area (Å²) in [6, 6.07) is 8.78. The zero-order chi connectivity index (χ0) is 16.5. The van der Waals surface area contributed by atoms with Gasteiger partial charge in [-0.3, -0.25) is 0 Å². The lowest BCUT2D eigenvalue weighted by molar-refractivity contribution is 0.318. The molecule has 0 bridgehead atoms. The molecule has 3 nitrogen and oxygen atoms in total. The van der Waals surface area contributed by atoms with E-state index in [1.807, 2.05) is 27.7 Å². The van der Waals surface area contributed by atoms with E-state index in [0.717, 1.165) is 18.7 Å². The zero-order valence-corrected chi connectivity index (χ0v) is 15.0. The summed E-state index contributed by atoms with van der Waals surface area (Å²) < 4.78 is 5.03. The molecule has 1 aliphatic rings. The summed E-state index contributed by atoms with van der Waals surface area (Å²) in [5.74, 6) is 2.69. The number of rotatable bonds is 3. The lowest BCUT2D eigenvalue weighted by Crippen LogP contribution is -2.21. The Morgan fingerprint density at radius 3 is 2.14 bits per heavy atom. The van der Waals surface area contributed by atoms with Crippen LogP contribution in [0.5, 0.6) is 0 Å². The van der Waals surface area contributed by atoms with Crippen LogP contribution in [0.4, 0.5) is 0 Å². The number of nitrogens with zero attached hydrogens (tertiary/aromatic N) is 2. The van der Waals surface area contributed by atoms with Crippen molar-refractivity contribution in [3.05, 3.63) is 47.1 Å². The molecule has 0 aliphatic heterocycles. The topological polar surface area (TPSA) is 38.9 Å². The molecule has 3 rings (SSSR count). The molecule has 0 amide bonds. The predicted molar refractivity (Wildman–Crippen MR) is 92.4 cm³/mol. The molecular weight excluding hydrogens is 296 g/mol.